The van der Waals surface area contributed by atoms with E-state index in [9.17, 15) is 4.79 Å². The minimum atomic E-state index is -1.22. The first-order valence-corrected chi connectivity index (χ1v) is 5.46. The van der Waals surface area contributed by atoms with Crippen molar-refractivity contribution in [2.24, 2.45) is 0 Å². The summed E-state index contributed by atoms with van der Waals surface area (Å²) in [5.74, 6) is -0.550. The second-order valence-corrected chi connectivity index (χ2v) is 3.56. The van der Waals surface area contributed by atoms with Crippen molar-refractivity contribution in [1.82, 2.24) is 10.2 Å². The Morgan fingerprint density at radius 3 is 2.61 bits per heavy atom. The molecule has 0 saturated carbocycles. The van der Waals surface area contributed by atoms with Gasteiger partial charge in [-0.25, -0.2) is 4.79 Å². The fourth-order valence-electron chi connectivity index (χ4n) is 1.46. The second-order valence-electron chi connectivity index (χ2n) is 3.56. The number of benzene rings is 1. The molecule has 94 valence electrons. The lowest BCUT2D eigenvalue weighted by Gasteiger charge is -2.03. The van der Waals surface area contributed by atoms with Gasteiger partial charge in [0.2, 0.25) is 5.89 Å². The maximum Gasteiger partial charge on any atom is 0.393 e. The molecule has 18 heavy (non-hydrogen) atoms. The molecule has 6 heteroatoms. The molecular formula is C12H12N2O4. The SMILES string of the molecule is CCOc1ccc(Cc2nnc(C(=O)O)o2)cc1. The third-order valence-electron chi connectivity index (χ3n) is 2.24. The summed E-state index contributed by atoms with van der Waals surface area (Å²) < 4.78 is 10.3. The van der Waals surface area contributed by atoms with Crippen molar-refractivity contribution in [3.05, 3.63) is 41.6 Å². The van der Waals surface area contributed by atoms with Crippen LogP contribution in [-0.2, 0) is 6.42 Å². The van der Waals surface area contributed by atoms with Gasteiger partial charge < -0.3 is 14.3 Å². The number of rotatable bonds is 5. The van der Waals surface area contributed by atoms with Gasteiger partial charge in [-0.3, -0.25) is 0 Å². The molecule has 1 N–H and O–H groups in total. The zero-order chi connectivity index (χ0) is 13.0. The third kappa shape index (κ3) is 2.85. The van der Waals surface area contributed by atoms with Gasteiger partial charge in [-0.15, -0.1) is 10.2 Å². The van der Waals surface area contributed by atoms with Crippen LogP contribution in [0.25, 0.3) is 0 Å². The molecule has 1 aromatic heterocycles. The monoisotopic (exact) mass is 248 g/mol. The zero-order valence-electron chi connectivity index (χ0n) is 9.79. The van der Waals surface area contributed by atoms with Crippen molar-refractivity contribution in [3.63, 3.8) is 0 Å². The molecule has 0 aliphatic rings. The fraction of sp³-hybridized carbons (Fsp3) is 0.250. The molecule has 0 radical (unpaired) electrons. The Hall–Kier alpha value is -2.37. The number of hydrogen-bond donors (Lipinski definition) is 1. The Bertz CT molecular complexity index is 533. The standard InChI is InChI=1S/C12H12N2O4/c1-2-17-9-5-3-8(4-6-9)7-10-13-14-11(18-10)12(15)16/h3-6H,2,7H2,1H3,(H,15,16). The van der Waals surface area contributed by atoms with Crippen LogP contribution in [0.5, 0.6) is 5.75 Å². The van der Waals surface area contributed by atoms with Gasteiger partial charge >= 0.3 is 11.9 Å². The summed E-state index contributed by atoms with van der Waals surface area (Å²) in [6, 6.07) is 7.42. The lowest BCUT2D eigenvalue weighted by Crippen LogP contribution is -1.95. The van der Waals surface area contributed by atoms with Gasteiger partial charge in [0.15, 0.2) is 0 Å². The van der Waals surface area contributed by atoms with Gasteiger partial charge in [0.25, 0.3) is 0 Å². The first kappa shape index (κ1) is 12.1. The van der Waals surface area contributed by atoms with E-state index in [0.29, 0.717) is 13.0 Å². The summed E-state index contributed by atoms with van der Waals surface area (Å²) in [6.45, 7) is 2.53. The Balaban J connectivity index is 2.06. The summed E-state index contributed by atoms with van der Waals surface area (Å²) in [5, 5.41) is 15.7. The summed E-state index contributed by atoms with van der Waals surface area (Å²) in [7, 11) is 0. The minimum Gasteiger partial charge on any atom is -0.494 e. The topological polar surface area (TPSA) is 85.5 Å². The molecule has 0 spiro atoms. The molecule has 0 bridgehead atoms. The molecule has 2 aromatic rings. The van der Waals surface area contributed by atoms with Gasteiger partial charge in [0.1, 0.15) is 5.75 Å². The fourth-order valence-corrected chi connectivity index (χ4v) is 1.46. The van der Waals surface area contributed by atoms with Crippen LogP contribution in [0.15, 0.2) is 28.7 Å². The van der Waals surface area contributed by atoms with Crippen LogP contribution in [0.4, 0.5) is 0 Å². The molecule has 0 amide bonds. The lowest BCUT2D eigenvalue weighted by molar-refractivity contribution is 0.0651. The number of aromatic nitrogens is 2. The first-order chi connectivity index (χ1) is 8.69. The molecule has 0 aliphatic heterocycles. The maximum atomic E-state index is 10.6. The number of carbonyl (C=O) groups is 1. The van der Waals surface area contributed by atoms with E-state index in [-0.39, 0.29) is 5.89 Å². The number of aromatic carboxylic acids is 1. The molecule has 0 fully saturated rings. The second kappa shape index (κ2) is 5.31. The molecule has 0 saturated heterocycles. The Morgan fingerprint density at radius 1 is 1.33 bits per heavy atom. The predicted octanol–water partition coefficient (Wildman–Crippen LogP) is 1.76. The van der Waals surface area contributed by atoms with Crippen molar-refractivity contribution in [3.8, 4) is 5.75 Å². The number of ether oxygens (including phenoxy) is 1. The van der Waals surface area contributed by atoms with E-state index in [1.165, 1.54) is 0 Å². The average Bonchev–Trinajstić information content (AvgIpc) is 2.81. The van der Waals surface area contributed by atoms with E-state index in [0.717, 1.165) is 11.3 Å². The van der Waals surface area contributed by atoms with Crippen LogP contribution < -0.4 is 4.74 Å². The van der Waals surface area contributed by atoms with Crippen molar-refractivity contribution in [2.45, 2.75) is 13.3 Å². The smallest absolute Gasteiger partial charge is 0.393 e. The van der Waals surface area contributed by atoms with Crippen molar-refractivity contribution in [1.29, 1.82) is 0 Å². The zero-order valence-corrected chi connectivity index (χ0v) is 9.79. The molecule has 1 heterocycles. The van der Waals surface area contributed by atoms with E-state index in [4.69, 9.17) is 14.3 Å². The molecule has 6 nitrogen and oxygen atoms in total. The highest BCUT2D eigenvalue weighted by atomic mass is 16.5. The highest BCUT2D eigenvalue weighted by Gasteiger charge is 2.12. The largest absolute Gasteiger partial charge is 0.494 e. The van der Waals surface area contributed by atoms with Crippen LogP contribution in [-0.4, -0.2) is 27.9 Å². The van der Waals surface area contributed by atoms with E-state index in [1.807, 2.05) is 31.2 Å². The van der Waals surface area contributed by atoms with E-state index >= 15 is 0 Å². The van der Waals surface area contributed by atoms with E-state index < -0.39 is 11.9 Å². The van der Waals surface area contributed by atoms with Gasteiger partial charge in [-0.1, -0.05) is 12.1 Å². The molecular weight excluding hydrogens is 236 g/mol. The van der Waals surface area contributed by atoms with Crippen molar-refractivity contribution in [2.75, 3.05) is 6.61 Å². The Labute approximate surface area is 103 Å². The van der Waals surface area contributed by atoms with Crippen LogP contribution in [0.3, 0.4) is 0 Å². The third-order valence-corrected chi connectivity index (χ3v) is 2.24. The molecule has 2 rings (SSSR count). The van der Waals surface area contributed by atoms with Crippen LogP contribution >= 0.6 is 0 Å². The van der Waals surface area contributed by atoms with E-state index in [2.05, 4.69) is 10.2 Å². The van der Waals surface area contributed by atoms with Gasteiger partial charge in [-0.05, 0) is 24.6 Å². The van der Waals surface area contributed by atoms with Gasteiger partial charge in [0, 0.05) is 0 Å². The Kier molecular flexibility index (Phi) is 3.57. The van der Waals surface area contributed by atoms with Crippen LogP contribution in [0.2, 0.25) is 0 Å². The number of carboxylic acid groups (broad SMARTS) is 1. The van der Waals surface area contributed by atoms with Crippen LogP contribution in [0, 0.1) is 0 Å². The quantitative estimate of drug-likeness (QED) is 0.867. The minimum absolute atomic E-state index is 0.275. The molecule has 0 aliphatic carbocycles. The lowest BCUT2D eigenvalue weighted by atomic mass is 10.1. The normalized spacial score (nSPS) is 10.3. The first-order valence-electron chi connectivity index (χ1n) is 5.46. The van der Waals surface area contributed by atoms with E-state index in [1.54, 1.807) is 0 Å². The predicted molar refractivity (Wildman–Crippen MR) is 61.7 cm³/mol. The molecule has 1 aromatic carbocycles. The summed E-state index contributed by atoms with van der Waals surface area (Å²) in [4.78, 5) is 10.6. The number of hydrogen-bond acceptors (Lipinski definition) is 5. The highest BCUT2D eigenvalue weighted by Crippen LogP contribution is 2.14. The summed E-state index contributed by atoms with van der Waals surface area (Å²) in [5.41, 5.74) is 0.944. The average molecular weight is 248 g/mol. The van der Waals surface area contributed by atoms with Crippen molar-refractivity contribution < 1.29 is 19.1 Å². The maximum absolute atomic E-state index is 10.6. The highest BCUT2D eigenvalue weighted by molar-refractivity contribution is 5.81. The van der Waals surface area contributed by atoms with Gasteiger partial charge in [-0.2, -0.15) is 0 Å². The molecule has 0 unspecified atom stereocenters. The van der Waals surface area contributed by atoms with Crippen molar-refractivity contribution >= 4 is 5.97 Å². The number of nitrogens with zero attached hydrogens (tertiary/aromatic N) is 2. The Morgan fingerprint density at radius 2 is 2.06 bits per heavy atom. The van der Waals surface area contributed by atoms with Crippen LogP contribution in [0.1, 0.15) is 29.1 Å². The summed E-state index contributed by atoms with van der Waals surface area (Å²) >= 11 is 0. The van der Waals surface area contributed by atoms with Gasteiger partial charge in [0.05, 0.1) is 13.0 Å². The summed E-state index contributed by atoms with van der Waals surface area (Å²) in [6.07, 6.45) is 0.396. The number of carboxylic acids is 1. The molecule has 0 atom stereocenters.